The average Bonchev–Trinajstić information content (AvgIpc) is 3.55. The number of piperidine rings is 2. The molecule has 4 aliphatic heterocycles. The minimum Gasteiger partial charge on any atom is -0.480 e. The highest BCUT2D eigenvalue weighted by Gasteiger charge is 2.49. The highest BCUT2D eigenvalue weighted by Crippen LogP contribution is 2.32. The van der Waals surface area contributed by atoms with Crippen LogP contribution in [0.1, 0.15) is 78.4 Å². The molecule has 0 spiro atoms. The molecule has 19 heteroatoms. The summed E-state index contributed by atoms with van der Waals surface area (Å²) in [4.78, 5) is 85.8. The highest BCUT2D eigenvalue weighted by atomic mass is 16.7. The van der Waals surface area contributed by atoms with Gasteiger partial charge in [-0.2, -0.15) is 10.1 Å². The normalized spacial score (nSPS) is 20.8. The van der Waals surface area contributed by atoms with E-state index in [1.54, 1.807) is 41.5 Å². The summed E-state index contributed by atoms with van der Waals surface area (Å²) in [6.07, 6.45) is 1.10. The number of amides is 7. The van der Waals surface area contributed by atoms with Crippen molar-refractivity contribution < 1.29 is 53.0 Å². The van der Waals surface area contributed by atoms with Gasteiger partial charge in [0.25, 0.3) is 5.91 Å². The first-order chi connectivity index (χ1) is 27.6. The third kappa shape index (κ3) is 13.2. The molecule has 4 heterocycles. The minimum atomic E-state index is -0.943. The Morgan fingerprint density at radius 1 is 0.695 bits per heavy atom. The van der Waals surface area contributed by atoms with Gasteiger partial charge < -0.3 is 24.4 Å². The van der Waals surface area contributed by atoms with Crippen LogP contribution in [0.15, 0.2) is 60.7 Å². The van der Waals surface area contributed by atoms with E-state index < -0.39 is 47.3 Å². The fourth-order valence-corrected chi connectivity index (χ4v) is 6.51. The van der Waals surface area contributed by atoms with Crippen LogP contribution < -0.4 is 11.3 Å². The molecule has 0 unspecified atom stereocenters. The highest BCUT2D eigenvalue weighted by molar-refractivity contribution is 5.89. The van der Waals surface area contributed by atoms with Gasteiger partial charge in [-0.15, -0.1) is 0 Å². The van der Waals surface area contributed by atoms with Crippen molar-refractivity contribution in [3.63, 3.8) is 0 Å². The molecule has 6 rings (SSSR count). The van der Waals surface area contributed by atoms with Crippen molar-refractivity contribution in [2.75, 3.05) is 27.2 Å². The number of nitrogens with two attached hydrogens (primary N) is 1. The number of hydrogen-bond acceptors (Lipinski definition) is 11. The average molecular weight is 827 g/mol. The number of rotatable bonds is 8. The summed E-state index contributed by atoms with van der Waals surface area (Å²) in [5.74, 6) is 3.74. The number of fused-ring (bicyclic) bond motifs is 4. The number of nitrogens with zero attached hydrogens (tertiary/aromatic N) is 6. The number of carboxylic acid groups (broad SMARTS) is 1. The van der Waals surface area contributed by atoms with Crippen molar-refractivity contribution in [3.8, 4) is 0 Å². The Morgan fingerprint density at radius 2 is 1.10 bits per heavy atom. The number of urea groups is 2. The zero-order valence-electron chi connectivity index (χ0n) is 35.0. The van der Waals surface area contributed by atoms with E-state index in [2.05, 4.69) is 5.43 Å². The zero-order chi connectivity index (χ0) is 43.7. The Balaban J connectivity index is 0.000000221. The van der Waals surface area contributed by atoms with E-state index in [1.807, 2.05) is 60.7 Å². The number of hydrogen-bond donors (Lipinski definition) is 3. The van der Waals surface area contributed by atoms with Crippen molar-refractivity contribution >= 4 is 36.1 Å². The zero-order valence-corrected chi connectivity index (χ0v) is 35.0. The monoisotopic (exact) mass is 826 g/mol. The summed E-state index contributed by atoms with van der Waals surface area (Å²) >= 11 is 0. The van der Waals surface area contributed by atoms with Crippen molar-refractivity contribution in [3.05, 3.63) is 71.8 Å². The summed E-state index contributed by atoms with van der Waals surface area (Å²) in [6, 6.07) is 17.0. The molecule has 4 bridgehead atoms. The molecule has 4 fully saturated rings. The van der Waals surface area contributed by atoms with E-state index in [1.165, 1.54) is 34.0 Å². The summed E-state index contributed by atoms with van der Waals surface area (Å²) in [7, 11) is 2.85. The molecule has 0 radical (unpaired) electrons. The van der Waals surface area contributed by atoms with Crippen LogP contribution in [-0.4, -0.2) is 134 Å². The summed E-state index contributed by atoms with van der Waals surface area (Å²) in [5.41, 5.74) is 3.32. The number of benzene rings is 2. The maximum atomic E-state index is 12.8. The van der Waals surface area contributed by atoms with E-state index >= 15 is 0 Å². The Bertz CT molecular complexity index is 1770. The third-order valence-electron chi connectivity index (χ3n) is 9.29. The van der Waals surface area contributed by atoms with Crippen molar-refractivity contribution in [1.82, 2.24) is 35.4 Å². The number of carbonyl (C=O) groups is 6. The van der Waals surface area contributed by atoms with E-state index in [9.17, 15) is 28.8 Å². The van der Waals surface area contributed by atoms with Gasteiger partial charge in [-0.05, 0) is 78.4 Å². The van der Waals surface area contributed by atoms with Gasteiger partial charge >= 0.3 is 30.2 Å². The first-order valence-corrected chi connectivity index (χ1v) is 19.4. The summed E-state index contributed by atoms with van der Waals surface area (Å²) < 4.78 is 10.1. The molecular weight excluding hydrogens is 768 g/mol. The fraction of sp³-hybridized carbons (Fsp3) is 0.550. The van der Waals surface area contributed by atoms with Crippen molar-refractivity contribution in [2.45, 2.75) is 116 Å². The molecule has 0 aromatic heterocycles. The van der Waals surface area contributed by atoms with Crippen LogP contribution in [0.4, 0.5) is 19.2 Å². The van der Waals surface area contributed by atoms with Gasteiger partial charge in [0.2, 0.25) is 0 Å². The number of ether oxygens (including phenoxy) is 2. The lowest BCUT2D eigenvalue weighted by Gasteiger charge is -2.31. The summed E-state index contributed by atoms with van der Waals surface area (Å²) in [6.45, 7) is 12.0. The fourth-order valence-electron chi connectivity index (χ4n) is 6.51. The first-order valence-electron chi connectivity index (χ1n) is 19.4. The van der Waals surface area contributed by atoms with Crippen LogP contribution >= 0.6 is 0 Å². The smallest absolute Gasteiger partial charge is 0.428 e. The van der Waals surface area contributed by atoms with Gasteiger partial charge in [0.05, 0.1) is 12.1 Å². The Labute approximate surface area is 344 Å². The number of carbonyl (C=O) groups excluding carboxylic acids is 5. The quantitative estimate of drug-likeness (QED) is 0.191. The lowest BCUT2D eigenvalue weighted by Crippen LogP contribution is -2.55. The van der Waals surface area contributed by atoms with Crippen molar-refractivity contribution in [2.24, 2.45) is 5.84 Å². The van der Waals surface area contributed by atoms with Gasteiger partial charge in [0.1, 0.15) is 36.5 Å². The van der Waals surface area contributed by atoms with Crippen molar-refractivity contribution in [1.29, 1.82) is 0 Å². The van der Waals surface area contributed by atoms with Crippen LogP contribution in [0.2, 0.25) is 0 Å². The maximum absolute atomic E-state index is 12.8. The van der Waals surface area contributed by atoms with Gasteiger partial charge in [-0.1, -0.05) is 60.7 Å². The maximum Gasteiger partial charge on any atom is 0.428 e. The molecule has 0 saturated carbocycles. The van der Waals surface area contributed by atoms with Gasteiger partial charge in [-0.25, -0.2) is 39.8 Å². The standard InChI is InChI=1S/C20H28N4O5.C14H16N2O4.C6H14N2O2/c1-20(2,3)29-19(27)22(4)21-17(25)16-11-10-15-12-23(16)18(26)24(15)28-13-14-8-6-5-7-9-14;17-13(18)12-7-6-11-8-15(12)14(19)16(11)20-9-10-4-2-1-3-5-10;1-6(2,3)10-5(9)8(4)7/h5-9,15-16H,10-13H2,1-4H3,(H,21,25);1-5,11-12H,6-9H2,(H,17,18);7H2,1-4H3/t15-,16+;11-,12+;/m11./s1. The van der Waals surface area contributed by atoms with Crippen LogP contribution in [0.3, 0.4) is 0 Å². The summed E-state index contributed by atoms with van der Waals surface area (Å²) in [5, 5.41) is 13.7. The predicted molar refractivity (Wildman–Crippen MR) is 212 cm³/mol. The second-order valence-corrected chi connectivity index (χ2v) is 16.5. The van der Waals surface area contributed by atoms with Gasteiger partial charge in [0, 0.05) is 27.2 Å². The topological polar surface area (TPSA) is 217 Å². The lowest BCUT2D eigenvalue weighted by atomic mass is 10.0. The van der Waals surface area contributed by atoms with Gasteiger partial charge in [0.15, 0.2) is 0 Å². The minimum absolute atomic E-state index is 0.0400. The largest absolute Gasteiger partial charge is 0.480 e. The molecule has 2 aromatic rings. The Morgan fingerprint density at radius 3 is 1.49 bits per heavy atom. The number of hydrazine groups is 2. The van der Waals surface area contributed by atoms with E-state index in [0.717, 1.165) is 21.1 Å². The number of nitrogens with one attached hydrogen (secondary N) is 1. The van der Waals surface area contributed by atoms with Crippen LogP contribution in [-0.2, 0) is 42.0 Å². The van der Waals surface area contributed by atoms with Crippen LogP contribution in [0.25, 0.3) is 0 Å². The second kappa shape index (κ2) is 19.9. The van der Waals surface area contributed by atoms with Crippen LogP contribution in [0.5, 0.6) is 0 Å². The SMILES string of the molecule is CN(N)C(=O)OC(C)(C)C.CN(NC(=O)[C@@H]1CC[C@@H]2CN1C(=O)N2OCc1ccccc1)C(=O)OC(C)(C)C.O=C(O)[C@@H]1CC[C@@H]2CN1C(=O)N2OCc1ccccc1. The van der Waals surface area contributed by atoms with E-state index in [4.69, 9.17) is 30.1 Å². The molecule has 4 saturated heterocycles. The molecule has 4 atom stereocenters. The number of carboxylic acids is 1. The first kappa shape index (κ1) is 46.0. The molecule has 324 valence electrons. The Hall–Kier alpha value is -5.66. The van der Waals surface area contributed by atoms with E-state index in [0.29, 0.717) is 45.4 Å². The number of aliphatic carboxylic acids is 1. The lowest BCUT2D eigenvalue weighted by molar-refractivity contribution is -0.143. The van der Waals surface area contributed by atoms with E-state index in [-0.39, 0.29) is 30.8 Å². The molecular formula is C40H58N8O11. The van der Waals surface area contributed by atoms with Crippen LogP contribution in [0, 0.1) is 0 Å². The third-order valence-corrected chi connectivity index (χ3v) is 9.29. The molecule has 4 N–H and O–H groups in total. The predicted octanol–water partition coefficient (Wildman–Crippen LogP) is 4.48. The molecule has 4 aliphatic rings. The second-order valence-electron chi connectivity index (χ2n) is 16.5. The Kier molecular flexibility index (Phi) is 15.5. The van der Waals surface area contributed by atoms with Gasteiger partial charge in [-0.3, -0.25) is 19.9 Å². The molecule has 2 aromatic carbocycles. The molecule has 59 heavy (non-hydrogen) atoms. The molecule has 19 nitrogen and oxygen atoms in total. The number of hydroxylamine groups is 4. The molecule has 7 amide bonds. The molecule has 0 aliphatic carbocycles.